The number of rotatable bonds is 3. The maximum atomic E-state index is 11.6. The lowest BCUT2D eigenvalue weighted by molar-refractivity contribution is 0.0662. The molecule has 0 saturated carbocycles. The lowest BCUT2D eigenvalue weighted by Gasteiger charge is -2.22. The van der Waals surface area contributed by atoms with Crippen molar-refractivity contribution in [3.05, 3.63) is 36.4 Å². The van der Waals surface area contributed by atoms with Crippen LogP contribution in [0, 0.1) is 0 Å². The second-order valence-electron chi connectivity index (χ2n) is 5.70. The third-order valence-corrected chi connectivity index (χ3v) is 4.17. The largest absolute Gasteiger partial charge is 0.381 e. The number of amides is 1. The summed E-state index contributed by atoms with van der Waals surface area (Å²) in [7, 11) is 0. The zero-order chi connectivity index (χ0) is 16.5. The summed E-state index contributed by atoms with van der Waals surface area (Å²) >= 11 is 0. The number of carbonyl (C=O) groups is 1. The second kappa shape index (κ2) is 5.97. The molecular weight excluding hydrogens is 308 g/mol. The number of primary amides is 1. The van der Waals surface area contributed by atoms with Crippen LogP contribution in [-0.2, 0) is 4.74 Å². The second-order valence-corrected chi connectivity index (χ2v) is 5.70. The number of nitrogens with two attached hydrogens (primary N) is 1. The van der Waals surface area contributed by atoms with Gasteiger partial charge in [0.2, 0.25) is 0 Å². The van der Waals surface area contributed by atoms with Crippen LogP contribution in [0.5, 0.6) is 0 Å². The number of carbonyl (C=O) groups excluding carboxylic acids is 1. The summed E-state index contributed by atoms with van der Waals surface area (Å²) in [6.07, 6.45) is 8.66. The molecule has 0 unspecified atom stereocenters. The number of pyridine rings is 1. The fourth-order valence-corrected chi connectivity index (χ4v) is 2.88. The van der Waals surface area contributed by atoms with Gasteiger partial charge in [0.25, 0.3) is 5.91 Å². The van der Waals surface area contributed by atoms with E-state index in [-0.39, 0.29) is 0 Å². The summed E-state index contributed by atoms with van der Waals surface area (Å²) in [6.45, 7) is 1.50. The van der Waals surface area contributed by atoms with Crippen LogP contribution in [0.15, 0.2) is 30.9 Å². The first kappa shape index (κ1) is 14.7. The first-order valence-corrected chi connectivity index (χ1v) is 7.76. The van der Waals surface area contributed by atoms with Crippen LogP contribution in [0.4, 0.5) is 0 Å². The van der Waals surface area contributed by atoms with Gasteiger partial charge in [-0.15, -0.1) is 0 Å². The Labute approximate surface area is 137 Å². The van der Waals surface area contributed by atoms with Crippen molar-refractivity contribution < 1.29 is 9.53 Å². The molecule has 1 aliphatic rings. The molecule has 1 amide bonds. The highest BCUT2D eigenvalue weighted by atomic mass is 16.5. The molecule has 0 aromatic carbocycles. The van der Waals surface area contributed by atoms with Crippen molar-refractivity contribution in [1.29, 1.82) is 0 Å². The van der Waals surface area contributed by atoms with Gasteiger partial charge in [0.05, 0.1) is 29.6 Å². The Hall–Kier alpha value is -2.87. The Morgan fingerprint density at radius 3 is 2.88 bits per heavy atom. The molecule has 0 spiro atoms. The molecule has 8 heteroatoms. The molecule has 0 bridgehead atoms. The molecule has 4 heterocycles. The Kier molecular flexibility index (Phi) is 3.66. The molecule has 122 valence electrons. The summed E-state index contributed by atoms with van der Waals surface area (Å²) in [5.74, 6) is -0.0405. The highest BCUT2D eigenvalue weighted by Gasteiger charge is 2.18. The average Bonchev–Trinajstić information content (AvgIpc) is 3.11. The van der Waals surface area contributed by atoms with E-state index in [2.05, 4.69) is 20.1 Å². The molecular formula is C16H16N6O2. The van der Waals surface area contributed by atoms with E-state index in [1.165, 1.54) is 6.20 Å². The number of nitrogens with zero attached hydrogens (tertiary/aromatic N) is 5. The van der Waals surface area contributed by atoms with E-state index in [0.29, 0.717) is 28.5 Å². The molecule has 2 N–H and O–H groups in total. The van der Waals surface area contributed by atoms with Crippen molar-refractivity contribution in [1.82, 2.24) is 24.7 Å². The molecule has 3 aromatic rings. The number of fused-ring (bicyclic) bond motifs is 1. The normalized spacial score (nSPS) is 15.7. The predicted octanol–water partition coefficient (Wildman–Crippen LogP) is 1.34. The number of hydrogen-bond donors (Lipinski definition) is 1. The maximum Gasteiger partial charge on any atom is 0.251 e. The third-order valence-electron chi connectivity index (χ3n) is 4.17. The molecule has 8 nitrogen and oxygen atoms in total. The van der Waals surface area contributed by atoms with Crippen molar-refractivity contribution in [3.8, 4) is 11.4 Å². The van der Waals surface area contributed by atoms with Crippen molar-refractivity contribution in [2.24, 2.45) is 5.73 Å². The van der Waals surface area contributed by atoms with E-state index in [1.807, 2.05) is 10.9 Å². The van der Waals surface area contributed by atoms with Gasteiger partial charge < -0.3 is 10.5 Å². The molecule has 0 radical (unpaired) electrons. The highest BCUT2D eigenvalue weighted by molar-refractivity contribution is 6.03. The van der Waals surface area contributed by atoms with Crippen molar-refractivity contribution in [2.75, 3.05) is 13.2 Å². The molecule has 1 saturated heterocycles. The summed E-state index contributed by atoms with van der Waals surface area (Å²) in [5, 5.41) is 4.43. The van der Waals surface area contributed by atoms with Gasteiger partial charge >= 0.3 is 0 Å². The van der Waals surface area contributed by atoms with E-state index in [9.17, 15) is 4.79 Å². The monoisotopic (exact) mass is 324 g/mol. The topological polar surface area (TPSA) is 109 Å². The zero-order valence-corrected chi connectivity index (χ0v) is 12.9. The minimum Gasteiger partial charge on any atom is -0.381 e. The van der Waals surface area contributed by atoms with Crippen molar-refractivity contribution >= 4 is 16.9 Å². The van der Waals surface area contributed by atoms with Crippen LogP contribution < -0.4 is 5.73 Å². The van der Waals surface area contributed by atoms with Gasteiger partial charge in [-0.1, -0.05) is 0 Å². The summed E-state index contributed by atoms with van der Waals surface area (Å²) in [6, 6.07) is 1.89. The van der Waals surface area contributed by atoms with Crippen LogP contribution in [0.2, 0.25) is 0 Å². The number of hydrogen-bond acceptors (Lipinski definition) is 6. The highest BCUT2D eigenvalue weighted by Crippen LogP contribution is 2.24. The summed E-state index contributed by atoms with van der Waals surface area (Å²) < 4.78 is 7.31. The maximum absolute atomic E-state index is 11.6. The number of aromatic nitrogens is 5. The third kappa shape index (κ3) is 2.61. The fourth-order valence-electron chi connectivity index (χ4n) is 2.88. The number of ether oxygens (including phenoxy) is 1. The van der Waals surface area contributed by atoms with Gasteiger partial charge in [0.1, 0.15) is 11.0 Å². The van der Waals surface area contributed by atoms with Crippen LogP contribution >= 0.6 is 0 Å². The molecule has 3 aromatic heterocycles. The Bertz CT molecular complexity index is 900. The van der Waals surface area contributed by atoms with E-state index in [4.69, 9.17) is 10.5 Å². The summed E-state index contributed by atoms with van der Waals surface area (Å²) in [5.41, 5.74) is 7.53. The quantitative estimate of drug-likeness (QED) is 0.778. The van der Waals surface area contributed by atoms with Crippen LogP contribution in [0.3, 0.4) is 0 Å². The Balaban J connectivity index is 1.72. The minimum absolute atomic E-state index is 0.329. The van der Waals surface area contributed by atoms with Crippen LogP contribution in [-0.4, -0.2) is 43.9 Å². The van der Waals surface area contributed by atoms with Gasteiger partial charge in [-0.3, -0.25) is 14.5 Å². The minimum atomic E-state index is -0.537. The van der Waals surface area contributed by atoms with E-state index in [1.54, 1.807) is 18.5 Å². The first-order valence-electron chi connectivity index (χ1n) is 7.76. The standard InChI is InChI=1S/C16H16N6O2/c17-15(23)12-1-4-18-13-8-19-16(21-14(12)13)10-7-20-22(9-10)11-2-5-24-6-3-11/h1,4,7-9,11H,2-3,5-6H2,(H2,17,23). The van der Waals surface area contributed by atoms with E-state index < -0.39 is 5.91 Å². The van der Waals surface area contributed by atoms with Crippen LogP contribution in [0.25, 0.3) is 22.4 Å². The Morgan fingerprint density at radius 2 is 2.08 bits per heavy atom. The fraction of sp³-hybridized carbons (Fsp3) is 0.312. The van der Waals surface area contributed by atoms with Crippen molar-refractivity contribution in [2.45, 2.75) is 18.9 Å². The SMILES string of the molecule is NC(=O)c1ccnc2cnc(-c3cnn(C4CCOCC4)c3)nc12. The van der Waals surface area contributed by atoms with Crippen LogP contribution in [0.1, 0.15) is 29.2 Å². The van der Waals surface area contributed by atoms with E-state index in [0.717, 1.165) is 31.6 Å². The average molecular weight is 324 g/mol. The predicted molar refractivity (Wildman–Crippen MR) is 86.2 cm³/mol. The lowest BCUT2D eigenvalue weighted by atomic mass is 10.1. The zero-order valence-electron chi connectivity index (χ0n) is 12.9. The molecule has 24 heavy (non-hydrogen) atoms. The summed E-state index contributed by atoms with van der Waals surface area (Å²) in [4.78, 5) is 24.6. The molecule has 1 fully saturated rings. The molecule has 0 atom stereocenters. The van der Waals surface area contributed by atoms with Gasteiger partial charge in [0.15, 0.2) is 5.82 Å². The molecule has 4 rings (SSSR count). The van der Waals surface area contributed by atoms with Gasteiger partial charge in [0, 0.05) is 25.6 Å². The molecule has 1 aliphatic heterocycles. The van der Waals surface area contributed by atoms with Gasteiger partial charge in [-0.25, -0.2) is 9.97 Å². The molecule has 0 aliphatic carbocycles. The smallest absolute Gasteiger partial charge is 0.251 e. The van der Waals surface area contributed by atoms with Gasteiger partial charge in [-0.2, -0.15) is 5.10 Å². The Morgan fingerprint density at radius 1 is 1.25 bits per heavy atom. The van der Waals surface area contributed by atoms with Gasteiger partial charge in [-0.05, 0) is 18.9 Å². The van der Waals surface area contributed by atoms with Crippen molar-refractivity contribution in [3.63, 3.8) is 0 Å². The first-order chi connectivity index (χ1) is 11.7. The van der Waals surface area contributed by atoms with E-state index >= 15 is 0 Å². The lowest BCUT2D eigenvalue weighted by Crippen LogP contribution is -2.19.